The van der Waals surface area contributed by atoms with E-state index in [-0.39, 0.29) is 0 Å². The lowest BCUT2D eigenvalue weighted by Gasteiger charge is -2.50. The second kappa shape index (κ2) is 13.2. The maximum atomic E-state index is 13.3. The standard InChI is InChI=1S/C36H60F3N3/c37-36(38,39)27-15-11-25(12-16-27)26-13-17-30(18-14-26)42-34-20-19-31(23-32(34)33-24-40-22-21-35(33)42)41(28-7-3-1-4-8-28)29-9-5-2-6-10-29/h25-35,40H,1-24H2. The number of hydrogen-bond donors (Lipinski definition) is 1. The SMILES string of the molecule is FC(F)(F)C1CCC(C2CCC(N3C4CCNCC4C4CC(N(C5CCCCC5)C5CCCCC5)CCC43)CC2)CC1. The Bertz CT molecular complexity index is 833. The van der Waals surface area contributed by atoms with E-state index < -0.39 is 12.1 Å². The molecule has 0 aromatic carbocycles. The maximum Gasteiger partial charge on any atom is 0.391 e. The minimum Gasteiger partial charge on any atom is -0.316 e. The molecule has 42 heavy (non-hydrogen) atoms. The molecule has 3 nitrogen and oxygen atoms in total. The highest BCUT2D eigenvalue weighted by Crippen LogP contribution is 2.51. The molecular weight excluding hydrogens is 531 g/mol. The van der Waals surface area contributed by atoms with Crippen LogP contribution in [0.4, 0.5) is 13.2 Å². The van der Waals surface area contributed by atoms with Crippen molar-refractivity contribution in [3.63, 3.8) is 0 Å². The van der Waals surface area contributed by atoms with E-state index in [4.69, 9.17) is 0 Å². The Morgan fingerprint density at radius 1 is 0.548 bits per heavy atom. The van der Waals surface area contributed by atoms with Crippen molar-refractivity contribution in [1.82, 2.24) is 15.1 Å². The number of alkyl halides is 3. The van der Waals surface area contributed by atoms with E-state index in [1.165, 1.54) is 129 Å². The van der Waals surface area contributed by atoms with Crippen molar-refractivity contribution >= 4 is 0 Å². The summed E-state index contributed by atoms with van der Waals surface area (Å²) >= 11 is 0. The second-order valence-corrected chi connectivity index (χ2v) is 16.1. The predicted molar refractivity (Wildman–Crippen MR) is 164 cm³/mol. The maximum absolute atomic E-state index is 13.3. The van der Waals surface area contributed by atoms with E-state index in [2.05, 4.69) is 15.1 Å². The highest BCUT2D eigenvalue weighted by atomic mass is 19.4. The average molecular weight is 592 g/mol. The van der Waals surface area contributed by atoms with Gasteiger partial charge in [0.2, 0.25) is 0 Å². The summed E-state index contributed by atoms with van der Waals surface area (Å²) in [6.07, 6.45) is 23.5. The van der Waals surface area contributed by atoms with E-state index in [0.717, 1.165) is 60.9 Å². The summed E-state index contributed by atoms with van der Waals surface area (Å²) in [5.74, 6) is 1.86. The van der Waals surface area contributed by atoms with Crippen LogP contribution < -0.4 is 5.32 Å². The smallest absolute Gasteiger partial charge is 0.316 e. The number of likely N-dealkylation sites (tertiary alicyclic amines) is 1. The third kappa shape index (κ3) is 6.22. The highest BCUT2D eigenvalue weighted by molar-refractivity contribution is 5.09. The van der Waals surface area contributed by atoms with Crippen LogP contribution in [0, 0.1) is 29.6 Å². The Morgan fingerprint density at radius 2 is 1.12 bits per heavy atom. The van der Waals surface area contributed by atoms with E-state index in [9.17, 15) is 13.2 Å². The van der Waals surface area contributed by atoms with Crippen molar-refractivity contribution in [3.8, 4) is 0 Å². The van der Waals surface area contributed by atoms with E-state index >= 15 is 0 Å². The third-order valence-electron chi connectivity index (χ3n) is 14.1. The van der Waals surface area contributed by atoms with Crippen LogP contribution in [-0.4, -0.2) is 65.3 Å². The van der Waals surface area contributed by atoms with Crippen molar-refractivity contribution in [2.75, 3.05) is 13.1 Å². The molecular formula is C36H60F3N3. The van der Waals surface area contributed by atoms with Gasteiger partial charge in [-0.25, -0.2) is 0 Å². The normalized spacial score (nSPS) is 43.3. The lowest BCUT2D eigenvalue weighted by Crippen LogP contribution is -2.55. The fraction of sp³-hybridized carbons (Fsp3) is 1.00. The molecule has 5 saturated carbocycles. The van der Waals surface area contributed by atoms with Gasteiger partial charge in [-0.3, -0.25) is 9.80 Å². The fourth-order valence-corrected chi connectivity index (χ4v) is 12.2. The first-order valence-electron chi connectivity index (χ1n) is 18.8. The van der Waals surface area contributed by atoms with Crippen LogP contribution >= 0.6 is 0 Å². The first-order valence-corrected chi connectivity index (χ1v) is 18.8. The Hall–Kier alpha value is -0.330. The van der Waals surface area contributed by atoms with Crippen LogP contribution in [-0.2, 0) is 0 Å². The molecule has 0 amide bonds. The molecule has 240 valence electrons. The van der Waals surface area contributed by atoms with Gasteiger partial charge in [-0.15, -0.1) is 0 Å². The predicted octanol–water partition coefficient (Wildman–Crippen LogP) is 8.71. The van der Waals surface area contributed by atoms with Crippen molar-refractivity contribution < 1.29 is 13.2 Å². The molecule has 0 aromatic rings. The van der Waals surface area contributed by atoms with Gasteiger partial charge >= 0.3 is 6.18 Å². The van der Waals surface area contributed by atoms with E-state index in [1.54, 1.807) is 0 Å². The van der Waals surface area contributed by atoms with Crippen LogP contribution in [0.25, 0.3) is 0 Å². The second-order valence-electron chi connectivity index (χ2n) is 16.1. The topological polar surface area (TPSA) is 18.5 Å². The molecule has 0 aromatic heterocycles. The summed E-state index contributed by atoms with van der Waals surface area (Å²) in [6, 6.07) is 4.77. The van der Waals surface area contributed by atoms with Crippen molar-refractivity contribution in [1.29, 1.82) is 0 Å². The zero-order chi connectivity index (χ0) is 28.7. The first-order chi connectivity index (χ1) is 20.5. The average Bonchev–Trinajstić information content (AvgIpc) is 3.36. The van der Waals surface area contributed by atoms with Gasteiger partial charge < -0.3 is 5.32 Å². The van der Waals surface area contributed by atoms with Crippen LogP contribution in [0.2, 0.25) is 0 Å². The summed E-state index contributed by atoms with van der Waals surface area (Å²) in [5, 5.41) is 3.83. The molecule has 1 N–H and O–H groups in total. The monoisotopic (exact) mass is 591 g/mol. The van der Waals surface area contributed by atoms with Crippen molar-refractivity contribution in [3.05, 3.63) is 0 Å². The third-order valence-corrected chi connectivity index (χ3v) is 14.1. The Labute approximate surface area is 254 Å². The lowest BCUT2D eigenvalue weighted by molar-refractivity contribution is -0.185. The Kier molecular flexibility index (Phi) is 9.52. The molecule has 5 aliphatic carbocycles. The number of fused-ring (bicyclic) bond motifs is 3. The van der Waals surface area contributed by atoms with Gasteiger partial charge in [-0.05, 0) is 139 Å². The number of nitrogens with one attached hydrogen (secondary N) is 1. The molecule has 7 rings (SSSR count). The van der Waals surface area contributed by atoms with Crippen LogP contribution in [0.3, 0.4) is 0 Å². The molecule has 5 unspecified atom stereocenters. The highest BCUT2D eigenvalue weighted by Gasteiger charge is 2.54. The Balaban J connectivity index is 1.01. The molecule has 7 fully saturated rings. The van der Waals surface area contributed by atoms with E-state index in [0.29, 0.717) is 24.7 Å². The molecule has 7 aliphatic rings. The Morgan fingerprint density at radius 3 is 1.71 bits per heavy atom. The number of halogens is 3. The molecule has 0 radical (unpaired) electrons. The van der Waals surface area contributed by atoms with Gasteiger partial charge in [0.25, 0.3) is 0 Å². The van der Waals surface area contributed by atoms with Crippen LogP contribution in [0.15, 0.2) is 0 Å². The first kappa shape index (κ1) is 30.3. The van der Waals surface area contributed by atoms with Gasteiger partial charge in [-0.1, -0.05) is 38.5 Å². The minimum atomic E-state index is -3.98. The van der Waals surface area contributed by atoms with Crippen molar-refractivity contribution in [2.45, 2.75) is 184 Å². The summed E-state index contributed by atoms with van der Waals surface area (Å²) in [6.45, 7) is 2.40. The van der Waals surface area contributed by atoms with Gasteiger partial charge in [-0.2, -0.15) is 13.2 Å². The number of piperidine rings is 1. The van der Waals surface area contributed by atoms with Gasteiger partial charge in [0.1, 0.15) is 0 Å². The molecule has 2 aliphatic heterocycles. The van der Waals surface area contributed by atoms with Gasteiger partial charge in [0, 0.05) is 36.3 Å². The zero-order valence-corrected chi connectivity index (χ0v) is 26.3. The molecule has 0 bridgehead atoms. The van der Waals surface area contributed by atoms with Crippen molar-refractivity contribution in [2.24, 2.45) is 29.6 Å². The van der Waals surface area contributed by atoms with Gasteiger partial charge in [0.15, 0.2) is 0 Å². The molecule has 6 heteroatoms. The lowest BCUT2D eigenvalue weighted by atomic mass is 9.70. The molecule has 5 atom stereocenters. The van der Waals surface area contributed by atoms with Crippen LogP contribution in [0.1, 0.15) is 141 Å². The minimum absolute atomic E-state index is 0.376. The number of hydrogen-bond acceptors (Lipinski definition) is 3. The summed E-state index contributed by atoms with van der Waals surface area (Å²) in [4.78, 5) is 6.27. The van der Waals surface area contributed by atoms with Crippen LogP contribution in [0.5, 0.6) is 0 Å². The molecule has 2 heterocycles. The molecule has 2 saturated heterocycles. The summed E-state index contributed by atoms with van der Waals surface area (Å²) in [7, 11) is 0. The number of rotatable bonds is 5. The molecule has 0 spiro atoms. The number of nitrogens with zero attached hydrogens (tertiary/aromatic N) is 2. The van der Waals surface area contributed by atoms with E-state index in [1.807, 2.05) is 0 Å². The summed E-state index contributed by atoms with van der Waals surface area (Å²) in [5.41, 5.74) is 0. The fourth-order valence-electron chi connectivity index (χ4n) is 12.2. The quantitative estimate of drug-likeness (QED) is 0.345. The summed E-state index contributed by atoms with van der Waals surface area (Å²) < 4.78 is 39.8. The zero-order valence-electron chi connectivity index (χ0n) is 26.3. The van der Waals surface area contributed by atoms with Gasteiger partial charge in [0.05, 0.1) is 5.92 Å². The largest absolute Gasteiger partial charge is 0.391 e.